The summed E-state index contributed by atoms with van der Waals surface area (Å²) in [5, 5.41) is 0. The monoisotopic (exact) mass is 923 g/mol. The molecule has 1 N–H and O–H groups in total. The van der Waals surface area contributed by atoms with Crippen LogP contribution in [0.2, 0.25) is 0 Å². The molecule has 0 heterocycles. The topological polar surface area (TPSA) is 108 Å². The number of carbonyl (C=O) groups is 2. The Morgan fingerprint density at radius 2 is 0.891 bits per heavy atom. The molecule has 64 heavy (non-hydrogen) atoms. The zero-order valence-corrected chi connectivity index (χ0v) is 43.2. The van der Waals surface area contributed by atoms with Gasteiger partial charge < -0.3 is 18.9 Å². The first kappa shape index (κ1) is 62.0. The van der Waals surface area contributed by atoms with Gasteiger partial charge in [0, 0.05) is 12.8 Å². The van der Waals surface area contributed by atoms with Crippen LogP contribution in [0.25, 0.3) is 0 Å². The average Bonchev–Trinajstić information content (AvgIpc) is 3.25. The molecule has 0 aromatic rings. The molecule has 0 aromatic heterocycles. The smallest absolute Gasteiger partial charge is 0.462 e. The second-order valence-electron chi connectivity index (χ2n) is 18.9. The highest BCUT2D eigenvalue weighted by Gasteiger charge is 2.27. The predicted octanol–water partition coefficient (Wildman–Crippen LogP) is 15.8. The molecule has 0 fully saturated rings. The van der Waals surface area contributed by atoms with Crippen molar-refractivity contribution in [1.29, 1.82) is 0 Å². The van der Waals surface area contributed by atoms with Crippen molar-refractivity contribution in [2.45, 2.75) is 238 Å². The summed E-state index contributed by atoms with van der Waals surface area (Å²) in [6.07, 6.45) is 56.2. The van der Waals surface area contributed by atoms with Gasteiger partial charge in [-0.1, -0.05) is 197 Å². The van der Waals surface area contributed by atoms with Crippen LogP contribution in [-0.2, 0) is 32.7 Å². The molecule has 10 heteroatoms. The van der Waals surface area contributed by atoms with Gasteiger partial charge in [-0.15, -0.1) is 0 Å². The maximum absolute atomic E-state index is 12.7. The summed E-state index contributed by atoms with van der Waals surface area (Å²) in [4.78, 5) is 35.5. The third kappa shape index (κ3) is 49.4. The Hall–Kier alpha value is -2.03. The largest absolute Gasteiger partial charge is 0.472 e. The molecule has 0 aliphatic heterocycles. The number of allylic oxidation sites excluding steroid dienone is 8. The SMILES string of the molecule is CC/C=C\C/C=C\C/C=C\CCCCCC(=O)OC(COC(=O)CCCCCCCCCCCCCCCCC/C=C\CCCCCCCCCC)COP(=O)(O)OCC[N+](C)(C)C. The molecular weight excluding hydrogens is 822 g/mol. The number of likely N-dealkylation sites (N-methyl/N-ethyl adjacent to an activating group) is 1. The highest BCUT2D eigenvalue weighted by atomic mass is 31.2. The van der Waals surface area contributed by atoms with Gasteiger partial charge in [0.15, 0.2) is 6.10 Å². The fourth-order valence-electron chi connectivity index (χ4n) is 7.26. The number of hydrogen-bond acceptors (Lipinski definition) is 7. The number of quaternary nitrogens is 1. The van der Waals surface area contributed by atoms with Crippen molar-refractivity contribution in [1.82, 2.24) is 0 Å². The Morgan fingerprint density at radius 3 is 1.36 bits per heavy atom. The zero-order chi connectivity index (χ0) is 47.1. The van der Waals surface area contributed by atoms with E-state index < -0.39 is 26.5 Å². The fourth-order valence-corrected chi connectivity index (χ4v) is 8.00. The lowest BCUT2D eigenvalue weighted by Gasteiger charge is -2.24. The molecule has 0 spiro atoms. The molecule has 2 unspecified atom stereocenters. The molecule has 0 rings (SSSR count). The zero-order valence-electron chi connectivity index (χ0n) is 42.3. The first-order valence-electron chi connectivity index (χ1n) is 26.4. The molecule has 9 nitrogen and oxygen atoms in total. The number of esters is 2. The number of carbonyl (C=O) groups excluding carboxylic acids is 2. The Balaban J connectivity index is 4.11. The predicted molar refractivity (Wildman–Crippen MR) is 270 cm³/mol. The van der Waals surface area contributed by atoms with Crippen molar-refractivity contribution in [2.24, 2.45) is 0 Å². The summed E-state index contributed by atoms with van der Waals surface area (Å²) < 4.78 is 34.4. The van der Waals surface area contributed by atoms with E-state index >= 15 is 0 Å². The summed E-state index contributed by atoms with van der Waals surface area (Å²) in [6, 6.07) is 0. The van der Waals surface area contributed by atoms with Crippen LogP contribution >= 0.6 is 7.82 Å². The molecular formula is C54H101NO8P+. The van der Waals surface area contributed by atoms with Gasteiger partial charge in [-0.3, -0.25) is 18.6 Å². The lowest BCUT2D eigenvalue weighted by molar-refractivity contribution is -0.870. The van der Waals surface area contributed by atoms with Crippen LogP contribution in [0.15, 0.2) is 48.6 Å². The minimum absolute atomic E-state index is 0.0254. The Bertz CT molecular complexity index is 1230. The minimum atomic E-state index is -4.39. The Kier molecular flexibility index (Phi) is 44.6. The highest BCUT2D eigenvalue weighted by Crippen LogP contribution is 2.43. The number of rotatable bonds is 48. The van der Waals surface area contributed by atoms with Crippen LogP contribution in [0.5, 0.6) is 0 Å². The number of unbranched alkanes of at least 4 members (excludes halogenated alkanes) is 26. The normalized spacial score (nSPS) is 13.8. The lowest BCUT2D eigenvalue weighted by atomic mass is 10.0. The second-order valence-corrected chi connectivity index (χ2v) is 20.3. The molecule has 0 saturated carbocycles. The van der Waals surface area contributed by atoms with E-state index in [1.807, 2.05) is 21.1 Å². The van der Waals surface area contributed by atoms with Gasteiger partial charge in [-0.25, -0.2) is 4.57 Å². The van der Waals surface area contributed by atoms with Crippen LogP contribution in [0.1, 0.15) is 232 Å². The molecule has 0 bridgehead atoms. The maximum Gasteiger partial charge on any atom is 0.472 e. The number of phosphoric ester groups is 1. The van der Waals surface area contributed by atoms with Crippen LogP contribution < -0.4 is 0 Å². The van der Waals surface area contributed by atoms with E-state index in [0.29, 0.717) is 17.4 Å². The van der Waals surface area contributed by atoms with Gasteiger partial charge in [0.1, 0.15) is 19.8 Å². The summed E-state index contributed by atoms with van der Waals surface area (Å²) in [6.45, 7) is 4.29. The quantitative estimate of drug-likeness (QED) is 0.0211. The van der Waals surface area contributed by atoms with Gasteiger partial charge in [0.05, 0.1) is 27.7 Å². The van der Waals surface area contributed by atoms with E-state index in [1.165, 1.54) is 141 Å². The number of nitrogens with zero attached hydrogens (tertiary/aromatic N) is 1. The van der Waals surface area contributed by atoms with E-state index in [4.69, 9.17) is 18.5 Å². The van der Waals surface area contributed by atoms with Gasteiger partial charge >= 0.3 is 19.8 Å². The number of ether oxygens (including phenoxy) is 2. The van der Waals surface area contributed by atoms with Crippen molar-refractivity contribution >= 4 is 19.8 Å². The van der Waals surface area contributed by atoms with Gasteiger partial charge in [-0.2, -0.15) is 0 Å². The fraction of sp³-hybridized carbons (Fsp3) is 0.815. The van der Waals surface area contributed by atoms with E-state index in [0.717, 1.165) is 57.8 Å². The molecule has 0 saturated heterocycles. The Morgan fingerprint density at radius 1 is 0.500 bits per heavy atom. The molecule has 0 amide bonds. The maximum atomic E-state index is 12.7. The van der Waals surface area contributed by atoms with Crippen molar-refractivity contribution in [3.63, 3.8) is 0 Å². The first-order valence-corrected chi connectivity index (χ1v) is 27.9. The van der Waals surface area contributed by atoms with E-state index in [1.54, 1.807) is 0 Å². The van der Waals surface area contributed by atoms with Gasteiger partial charge in [-0.05, 0) is 70.6 Å². The summed E-state index contributed by atoms with van der Waals surface area (Å²) in [5.74, 6) is -0.828. The lowest BCUT2D eigenvalue weighted by Crippen LogP contribution is -2.37. The minimum Gasteiger partial charge on any atom is -0.462 e. The second kappa shape index (κ2) is 46.1. The summed E-state index contributed by atoms with van der Waals surface area (Å²) in [7, 11) is 1.46. The van der Waals surface area contributed by atoms with Crippen molar-refractivity contribution in [2.75, 3.05) is 47.5 Å². The molecule has 2 atom stereocenters. The summed E-state index contributed by atoms with van der Waals surface area (Å²) >= 11 is 0. The third-order valence-corrected chi connectivity index (χ3v) is 12.3. The number of hydrogen-bond donors (Lipinski definition) is 1. The average molecular weight is 923 g/mol. The van der Waals surface area contributed by atoms with Crippen LogP contribution in [-0.4, -0.2) is 74.9 Å². The van der Waals surface area contributed by atoms with Crippen molar-refractivity contribution in [3.8, 4) is 0 Å². The van der Waals surface area contributed by atoms with E-state index in [2.05, 4.69) is 62.5 Å². The molecule has 0 radical (unpaired) electrons. The molecule has 0 aliphatic carbocycles. The van der Waals surface area contributed by atoms with Gasteiger partial charge in [0.25, 0.3) is 0 Å². The molecule has 374 valence electrons. The molecule has 0 aromatic carbocycles. The van der Waals surface area contributed by atoms with Crippen LogP contribution in [0.4, 0.5) is 0 Å². The molecule has 0 aliphatic rings. The van der Waals surface area contributed by atoms with E-state index in [9.17, 15) is 19.0 Å². The van der Waals surface area contributed by atoms with Crippen molar-refractivity contribution in [3.05, 3.63) is 48.6 Å². The van der Waals surface area contributed by atoms with Crippen LogP contribution in [0, 0.1) is 0 Å². The van der Waals surface area contributed by atoms with E-state index in [-0.39, 0.29) is 32.0 Å². The Labute approximate surface area is 394 Å². The van der Waals surface area contributed by atoms with Gasteiger partial charge in [0.2, 0.25) is 0 Å². The number of phosphoric acid groups is 1. The third-order valence-electron chi connectivity index (χ3n) is 11.3. The first-order chi connectivity index (χ1) is 31.0. The highest BCUT2D eigenvalue weighted by molar-refractivity contribution is 7.47. The van der Waals surface area contributed by atoms with Crippen LogP contribution in [0.3, 0.4) is 0 Å². The summed E-state index contributed by atoms with van der Waals surface area (Å²) in [5.41, 5.74) is 0. The van der Waals surface area contributed by atoms with Crippen molar-refractivity contribution < 1.29 is 42.1 Å². The standard InChI is InChI=1S/C54H100NO8P/c1-6-8-10-12-14-16-18-20-21-22-23-24-25-26-27-28-29-30-31-32-33-35-36-38-40-42-44-46-53(56)60-50-52(51-62-64(58,59)61-49-48-55(3,4)5)63-54(57)47-45-43-41-39-37-34-19-17-15-13-11-9-7-2/h9,11,15,17,22-23,34,37,52H,6-8,10,12-14,16,18-21,24-33,35-36,38-51H2,1-5H3/p+1/b11-9-,17-15-,23-22-,37-34-.